The molecule has 1 unspecified atom stereocenters. The molecular formula is C14H26N4O. The third-order valence-corrected chi connectivity index (χ3v) is 2.93. The van der Waals surface area contributed by atoms with E-state index in [-0.39, 0.29) is 12.1 Å². The van der Waals surface area contributed by atoms with E-state index in [1.165, 1.54) is 0 Å². The number of nitrogens with two attached hydrogens (primary N) is 1. The molecule has 0 bridgehead atoms. The van der Waals surface area contributed by atoms with Gasteiger partial charge in [0.05, 0.1) is 12.7 Å². The molecule has 2 N–H and O–H groups in total. The van der Waals surface area contributed by atoms with E-state index in [4.69, 9.17) is 10.5 Å². The van der Waals surface area contributed by atoms with E-state index in [1.54, 1.807) is 0 Å². The lowest BCUT2D eigenvalue weighted by Gasteiger charge is -2.18. The van der Waals surface area contributed by atoms with Crippen LogP contribution >= 0.6 is 0 Å². The Morgan fingerprint density at radius 2 is 1.95 bits per heavy atom. The van der Waals surface area contributed by atoms with E-state index >= 15 is 0 Å². The Morgan fingerprint density at radius 3 is 2.47 bits per heavy atom. The number of likely N-dealkylation sites (N-methyl/N-ethyl adjacent to an activating group) is 1. The van der Waals surface area contributed by atoms with Gasteiger partial charge in [0.15, 0.2) is 0 Å². The SMILES string of the molecule is CCC(N)Cc1cnc(N(C)CCOC(C)C)nc1. The monoisotopic (exact) mass is 266 g/mol. The lowest BCUT2D eigenvalue weighted by molar-refractivity contribution is 0.0844. The van der Waals surface area contributed by atoms with Gasteiger partial charge in [-0.2, -0.15) is 0 Å². The summed E-state index contributed by atoms with van der Waals surface area (Å²) in [5.41, 5.74) is 7.00. The predicted octanol–water partition coefficient (Wildman–Crippen LogP) is 1.62. The van der Waals surface area contributed by atoms with E-state index < -0.39 is 0 Å². The van der Waals surface area contributed by atoms with E-state index in [0.29, 0.717) is 6.61 Å². The first-order chi connectivity index (χ1) is 9.02. The number of nitrogens with zero attached hydrogens (tertiary/aromatic N) is 3. The summed E-state index contributed by atoms with van der Waals surface area (Å²) in [4.78, 5) is 10.7. The smallest absolute Gasteiger partial charge is 0.225 e. The summed E-state index contributed by atoms with van der Waals surface area (Å²) in [6.07, 6.45) is 5.77. The maximum atomic E-state index is 5.91. The highest BCUT2D eigenvalue weighted by Gasteiger charge is 2.06. The first-order valence-electron chi connectivity index (χ1n) is 6.92. The molecule has 0 amide bonds. The fraction of sp³-hybridized carbons (Fsp3) is 0.714. The van der Waals surface area contributed by atoms with Crippen LogP contribution in [0.15, 0.2) is 12.4 Å². The third-order valence-electron chi connectivity index (χ3n) is 2.93. The molecule has 0 radical (unpaired) electrons. The number of hydrogen-bond donors (Lipinski definition) is 1. The first-order valence-corrected chi connectivity index (χ1v) is 6.92. The summed E-state index contributed by atoms with van der Waals surface area (Å²) in [6, 6.07) is 0.187. The minimum Gasteiger partial charge on any atom is -0.377 e. The van der Waals surface area contributed by atoms with Gasteiger partial charge in [0.1, 0.15) is 0 Å². The van der Waals surface area contributed by atoms with E-state index in [1.807, 2.05) is 38.2 Å². The van der Waals surface area contributed by atoms with Crippen LogP contribution in [0.4, 0.5) is 5.95 Å². The van der Waals surface area contributed by atoms with E-state index in [9.17, 15) is 0 Å². The summed E-state index contributed by atoms with van der Waals surface area (Å²) < 4.78 is 5.51. The van der Waals surface area contributed by atoms with E-state index in [2.05, 4.69) is 16.9 Å². The molecule has 19 heavy (non-hydrogen) atoms. The van der Waals surface area contributed by atoms with Crippen LogP contribution in [0.25, 0.3) is 0 Å². The fourth-order valence-electron chi connectivity index (χ4n) is 1.62. The topological polar surface area (TPSA) is 64.3 Å². The van der Waals surface area contributed by atoms with Crippen molar-refractivity contribution in [3.05, 3.63) is 18.0 Å². The van der Waals surface area contributed by atoms with Gasteiger partial charge in [0.2, 0.25) is 5.95 Å². The van der Waals surface area contributed by atoms with Crippen LogP contribution in [-0.4, -0.2) is 42.3 Å². The van der Waals surface area contributed by atoms with Crippen molar-refractivity contribution in [3.8, 4) is 0 Å². The zero-order valence-electron chi connectivity index (χ0n) is 12.5. The molecule has 1 aromatic rings. The predicted molar refractivity (Wildman–Crippen MR) is 78.4 cm³/mol. The average Bonchev–Trinajstić information content (AvgIpc) is 2.38. The summed E-state index contributed by atoms with van der Waals surface area (Å²) >= 11 is 0. The number of ether oxygens (including phenoxy) is 1. The van der Waals surface area contributed by atoms with Crippen LogP contribution < -0.4 is 10.6 Å². The summed E-state index contributed by atoms with van der Waals surface area (Å²) in [6.45, 7) is 7.61. The van der Waals surface area contributed by atoms with Crippen molar-refractivity contribution in [3.63, 3.8) is 0 Å². The highest BCUT2D eigenvalue weighted by molar-refractivity contribution is 5.28. The van der Waals surface area contributed by atoms with Gasteiger partial charge >= 0.3 is 0 Å². The van der Waals surface area contributed by atoms with Crippen LogP contribution in [0.2, 0.25) is 0 Å². The van der Waals surface area contributed by atoms with Crippen LogP contribution in [0.5, 0.6) is 0 Å². The molecule has 0 saturated heterocycles. The highest BCUT2D eigenvalue weighted by Crippen LogP contribution is 2.07. The molecule has 108 valence electrons. The van der Waals surface area contributed by atoms with Crippen molar-refractivity contribution in [2.75, 3.05) is 25.1 Å². The first kappa shape index (κ1) is 15.9. The van der Waals surface area contributed by atoms with Gasteiger partial charge in [-0.05, 0) is 32.3 Å². The number of aromatic nitrogens is 2. The Morgan fingerprint density at radius 1 is 1.32 bits per heavy atom. The van der Waals surface area contributed by atoms with Gasteiger partial charge in [-0.15, -0.1) is 0 Å². The standard InChI is InChI=1S/C14H26N4O/c1-5-13(15)8-12-9-16-14(17-10-12)18(4)6-7-19-11(2)3/h9-11,13H,5-8,15H2,1-4H3. The quantitative estimate of drug-likeness (QED) is 0.774. The van der Waals surface area contributed by atoms with Gasteiger partial charge < -0.3 is 15.4 Å². The largest absolute Gasteiger partial charge is 0.377 e. The Balaban J connectivity index is 2.46. The van der Waals surface area contributed by atoms with Crippen molar-refractivity contribution in [2.24, 2.45) is 5.73 Å². The number of anilines is 1. The normalized spacial score (nSPS) is 12.7. The average molecular weight is 266 g/mol. The number of hydrogen-bond acceptors (Lipinski definition) is 5. The molecule has 1 heterocycles. The Hall–Kier alpha value is -1.20. The van der Waals surface area contributed by atoms with Crippen molar-refractivity contribution in [1.29, 1.82) is 0 Å². The zero-order chi connectivity index (χ0) is 14.3. The molecule has 0 saturated carbocycles. The molecule has 1 aromatic heterocycles. The summed E-state index contributed by atoms with van der Waals surface area (Å²) in [7, 11) is 1.97. The van der Waals surface area contributed by atoms with Gasteiger partial charge in [-0.25, -0.2) is 9.97 Å². The molecule has 0 aliphatic carbocycles. The lowest BCUT2D eigenvalue weighted by atomic mass is 10.1. The lowest BCUT2D eigenvalue weighted by Crippen LogP contribution is -2.26. The minimum absolute atomic E-state index is 0.187. The van der Waals surface area contributed by atoms with Gasteiger partial charge in [0.25, 0.3) is 0 Å². The maximum Gasteiger partial charge on any atom is 0.225 e. The van der Waals surface area contributed by atoms with E-state index in [0.717, 1.165) is 30.9 Å². The number of rotatable bonds is 8. The molecule has 0 fully saturated rings. The Labute approximate surface area is 116 Å². The molecule has 1 atom stereocenters. The van der Waals surface area contributed by atoms with Crippen LogP contribution in [0.3, 0.4) is 0 Å². The molecule has 1 rings (SSSR count). The van der Waals surface area contributed by atoms with Gasteiger partial charge in [-0.3, -0.25) is 0 Å². The molecule has 5 nitrogen and oxygen atoms in total. The Kier molecular flexibility index (Phi) is 6.73. The molecular weight excluding hydrogens is 240 g/mol. The van der Waals surface area contributed by atoms with Crippen molar-refractivity contribution in [1.82, 2.24) is 9.97 Å². The molecule has 0 aliphatic heterocycles. The molecule has 5 heteroatoms. The second-order valence-electron chi connectivity index (χ2n) is 5.10. The zero-order valence-corrected chi connectivity index (χ0v) is 12.5. The highest BCUT2D eigenvalue weighted by atomic mass is 16.5. The Bertz CT molecular complexity index is 353. The molecule has 0 aromatic carbocycles. The van der Waals surface area contributed by atoms with Crippen molar-refractivity contribution >= 4 is 5.95 Å². The van der Waals surface area contributed by atoms with Crippen molar-refractivity contribution < 1.29 is 4.74 Å². The van der Waals surface area contributed by atoms with Crippen LogP contribution in [0.1, 0.15) is 32.8 Å². The summed E-state index contributed by atoms with van der Waals surface area (Å²) in [5.74, 6) is 0.723. The van der Waals surface area contributed by atoms with Crippen LogP contribution in [-0.2, 0) is 11.2 Å². The fourth-order valence-corrected chi connectivity index (χ4v) is 1.62. The summed E-state index contributed by atoms with van der Waals surface area (Å²) in [5, 5.41) is 0. The minimum atomic E-state index is 0.187. The van der Waals surface area contributed by atoms with Gasteiger partial charge in [0, 0.05) is 32.0 Å². The van der Waals surface area contributed by atoms with Crippen molar-refractivity contribution in [2.45, 2.75) is 45.8 Å². The second kappa shape index (κ2) is 8.07. The van der Waals surface area contributed by atoms with Crippen LogP contribution in [0, 0.1) is 0 Å². The third kappa shape index (κ3) is 5.98. The molecule has 0 aliphatic rings. The maximum absolute atomic E-state index is 5.91. The second-order valence-corrected chi connectivity index (χ2v) is 5.10. The molecule has 0 spiro atoms. The van der Waals surface area contributed by atoms with Gasteiger partial charge in [-0.1, -0.05) is 6.92 Å².